The number of carbonyl (C=O) groups excluding carboxylic acids is 2. The van der Waals surface area contributed by atoms with E-state index in [1.54, 1.807) is 20.8 Å². The molecule has 17 heavy (non-hydrogen) atoms. The summed E-state index contributed by atoms with van der Waals surface area (Å²) in [6.45, 7) is 9.54. The average molecular weight is 242 g/mol. The maximum Gasteiger partial charge on any atom is 0.334 e. The molecule has 0 spiro atoms. The zero-order chi connectivity index (χ0) is 13.4. The standard InChI is InChI=1S/C13H22O4/c1-6-9(4)11(13(15)17-8-3)10(5)12(14)16-7-2/h9H,6-8H2,1-5H3/b11-10-. The van der Waals surface area contributed by atoms with Gasteiger partial charge in [-0.1, -0.05) is 13.8 Å². The molecule has 0 saturated carbocycles. The summed E-state index contributed by atoms with van der Waals surface area (Å²) in [5.74, 6) is -0.887. The van der Waals surface area contributed by atoms with E-state index in [4.69, 9.17) is 9.47 Å². The van der Waals surface area contributed by atoms with Gasteiger partial charge in [0.15, 0.2) is 0 Å². The molecule has 1 unspecified atom stereocenters. The minimum absolute atomic E-state index is 0.0153. The van der Waals surface area contributed by atoms with Crippen molar-refractivity contribution in [2.24, 2.45) is 5.92 Å². The summed E-state index contributed by atoms with van der Waals surface area (Å²) >= 11 is 0. The van der Waals surface area contributed by atoms with Crippen molar-refractivity contribution >= 4 is 11.9 Å². The average Bonchev–Trinajstić information content (AvgIpc) is 2.29. The summed E-state index contributed by atoms with van der Waals surface area (Å²) in [4.78, 5) is 23.4. The van der Waals surface area contributed by atoms with E-state index < -0.39 is 11.9 Å². The monoisotopic (exact) mass is 242 g/mol. The molecular weight excluding hydrogens is 220 g/mol. The van der Waals surface area contributed by atoms with Gasteiger partial charge in [0.2, 0.25) is 0 Å². The quantitative estimate of drug-likeness (QED) is 0.530. The second kappa shape index (κ2) is 7.87. The molecule has 0 aromatic heterocycles. The minimum atomic E-state index is -0.448. The van der Waals surface area contributed by atoms with E-state index in [0.717, 1.165) is 6.42 Å². The van der Waals surface area contributed by atoms with Crippen molar-refractivity contribution in [2.75, 3.05) is 13.2 Å². The van der Waals surface area contributed by atoms with E-state index in [1.165, 1.54) is 0 Å². The van der Waals surface area contributed by atoms with Crippen LogP contribution < -0.4 is 0 Å². The Morgan fingerprint density at radius 1 is 1.00 bits per heavy atom. The smallest absolute Gasteiger partial charge is 0.334 e. The number of hydrogen-bond acceptors (Lipinski definition) is 4. The van der Waals surface area contributed by atoms with Crippen LogP contribution in [0.15, 0.2) is 11.1 Å². The Balaban J connectivity index is 5.20. The minimum Gasteiger partial charge on any atom is -0.463 e. The zero-order valence-electron chi connectivity index (χ0n) is 11.3. The first-order valence-electron chi connectivity index (χ1n) is 6.04. The lowest BCUT2D eigenvalue weighted by Crippen LogP contribution is -2.19. The molecule has 0 bridgehead atoms. The van der Waals surface area contributed by atoms with Crippen LogP contribution in [0.25, 0.3) is 0 Å². The maximum absolute atomic E-state index is 11.8. The molecular formula is C13H22O4. The van der Waals surface area contributed by atoms with E-state index in [-0.39, 0.29) is 5.92 Å². The fourth-order valence-corrected chi connectivity index (χ4v) is 1.49. The predicted octanol–water partition coefficient (Wildman–Crippen LogP) is 2.48. The number of ether oxygens (including phenoxy) is 2. The Morgan fingerprint density at radius 3 is 1.88 bits per heavy atom. The highest BCUT2D eigenvalue weighted by atomic mass is 16.5. The van der Waals surface area contributed by atoms with Crippen LogP contribution in [0.4, 0.5) is 0 Å². The van der Waals surface area contributed by atoms with Crippen molar-refractivity contribution in [2.45, 2.75) is 41.0 Å². The van der Waals surface area contributed by atoms with Gasteiger partial charge in [-0.25, -0.2) is 9.59 Å². The lowest BCUT2D eigenvalue weighted by atomic mass is 9.94. The highest BCUT2D eigenvalue weighted by molar-refractivity contribution is 6.00. The van der Waals surface area contributed by atoms with Crippen molar-refractivity contribution in [1.82, 2.24) is 0 Å². The second-order valence-corrected chi connectivity index (χ2v) is 3.79. The molecule has 0 N–H and O–H groups in total. The zero-order valence-corrected chi connectivity index (χ0v) is 11.3. The fraction of sp³-hybridized carbons (Fsp3) is 0.692. The van der Waals surface area contributed by atoms with Crippen LogP contribution in [-0.2, 0) is 19.1 Å². The van der Waals surface area contributed by atoms with Crippen LogP contribution in [0.1, 0.15) is 41.0 Å². The van der Waals surface area contributed by atoms with Gasteiger partial charge >= 0.3 is 11.9 Å². The third-order valence-electron chi connectivity index (χ3n) is 2.59. The molecule has 0 aliphatic rings. The van der Waals surface area contributed by atoms with Crippen LogP contribution in [-0.4, -0.2) is 25.2 Å². The van der Waals surface area contributed by atoms with Gasteiger partial charge in [-0.05, 0) is 33.1 Å². The predicted molar refractivity (Wildman–Crippen MR) is 65.4 cm³/mol. The lowest BCUT2D eigenvalue weighted by molar-refractivity contribution is -0.142. The van der Waals surface area contributed by atoms with Crippen LogP contribution in [0.5, 0.6) is 0 Å². The summed E-state index contributed by atoms with van der Waals surface area (Å²) in [6.07, 6.45) is 0.769. The highest BCUT2D eigenvalue weighted by Gasteiger charge is 2.23. The van der Waals surface area contributed by atoms with Crippen LogP contribution in [0.3, 0.4) is 0 Å². The number of esters is 2. The third kappa shape index (κ3) is 4.59. The summed E-state index contributed by atoms with van der Waals surface area (Å²) in [5, 5.41) is 0. The van der Waals surface area contributed by atoms with Gasteiger partial charge in [0.1, 0.15) is 0 Å². The molecule has 0 rings (SSSR count). The molecule has 0 heterocycles. The van der Waals surface area contributed by atoms with Crippen LogP contribution in [0.2, 0.25) is 0 Å². The Bertz CT molecular complexity index is 305. The molecule has 0 aliphatic carbocycles. The van der Waals surface area contributed by atoms with Gasteiger partial charge in [0.05, 0.1) is 18.8 Å². The van der Waals surface area contributed by atoms with Crippen LogP contribution in [0, 0.1) is 5.92 Å². The summed E-state index contributed by atoms with van der Waals surface area (Å²) in [6, 6.07) is 0. The van der Waals surface area contributed by atoms with Gasteiger partial charge in [-0.15, -0.1) is 0 Å². The molecule has 1 atom stereocenters. The Morgan fingerprint density at radius 2 is 1.47 bits per heavy atom. The van der Waals surface area contributed by atoms with Gasteiger partial charge in [-0.2, -0.15) is 0 Å². The van der Waals surface area contributed by atoms with Gasteiger partial charge in [0.25, 0.3) is 0 Å². The summed E-state index contributed by atoms with van der Waals surface area (Å²) in [7, 11) is 0. The molecule has 98 valence electrons. The summed E-state index contributed by atoms with van der Waals surface area (Å²) < 4.78 is 9.87. The van der Waals surface area contributed by atoms with Crippen molar-refractivity contribution in [3.63, 3.8) is 0 Å². The van der Waals surface area contributed by atoms with Gasteiger partial charge in [0, 0.05) is 5.57 Å². The van der Waals surface area contributed by atoms with E-state index in [0.29, 0.717) is 24.4 Å². The Kier molecular flexibility index (Phi) is 7.26. The topological polar surface area (TPSA) is 52.6 Å². The van der Waals surface area contributed by atoms with E-state index in [2.05, 4.69) is 0 Å². The van der Waals surface area contributed by atoms with E-state index in [1.807, 2.05) is 13.8 Å². The largest absolute Gasteiger partial charge is 0.463 e. The Hall–Kier alpha value is -1.32. The molecule has 0 fully saturated rings. The van der Waals surface area contributed by atoms with Crippen LogP contribution >= 0.6 is 0 Å². The van der Waals surface area contributed by atoms with Crippen molar-refractivity contribution in [3.05, 3.63) is 11.1 Å². The molecule has 0 aromatic carbocycles. The lowest BCUT2D eigenvalue weighted by Gasteiger charge is -2.15. The van der Waals surface area contributed by atoms with Gasteiger partial charge < -0.3 is 9.47 Å². The summed E-state index contributed by atoms with van der Waals surface area (Å²) in [5.41, 5.74) is 0.771. The second-order valence-electron chi connectivity index (χ2n) is 3.79. The molecule has 4 heteroatoms. The maximum atomic E-state index is 11.8. The molecule has 0 aromatic rings. The highest BCUT2D eigenvalue weighted by Crippen LogP contribution is 2.21. The van der Waals surface area contributed by atoms with E-state index in [9.17, 15) is 9.59 Å². The number of carbonyl (C=O) groups is 2. The first-order valence-corrected chi connectivity index (χ1v) is 6.04. The van der Waals surface area contributed by atoms with E-state index >= 15 is 0 Å². The molecule has 0 amide bonds. The first kappa shape index (κ1) is 15.7. The molecule has 0 saturated heterocycles. The molecule has 0 aliphatic heterocycles. The molecule has 0 radical (unpaired) electrons. The third-order valence-corrected chi connectivity index (χ3v) is 2.59. The van der Waals surface area contributed by atoms with Crippen molar-refractivity contribution in [3.8, 4) is 0 Å². The SMILES string of the molecule is CCOC(=O)/C(C)=C(\C(=O)OCC)C(C)CC. The fourth-order valence-electron chi connectivity index (χ4n) is 1.49. The van der Waals surface area contributed by atoms with Crippen molar-refractivity contribution in [1.29, 1.82) is 0 Å². The molecule has 4 nitrogen and oxygen atoms in total. The Labute approximate surface area is 103 Å². The van der Waals surface area contributed by atoms with Crippen molar-refractivity contribution < 1.29 is 19.1 Å². The first-order chi connectivity index (χ1) is 7.99. The normalized spacial score (nSPS) is 13.7. The number of rotatable bonds is 6. The van der Waals surface area contributed by atoms with Gasteiger partial charge in [-0.3, -0.25) is 0 Å². The number of hydrogen-bond donors (Lipinski definition) is 0.